The van der Waals surface area contributed by atoms with Crippen molar-refractivity contribution in [2.45, 2.75) is 37.8 Å². The highest BCUT2D eigenvalue weighted by atomic mass is 16.1. The summed E-state index contributed by atoms with van der Waals surface area (Å²) in [5.74, 6) is 0.816. The van der Waals surface area contributed by atoms with Gasteiger partial charge in [-0.05, 0) is 33.0 Å². The maximum absolute atomic E-state index is 12.2. The van der Waals surface area contributed by atoms with Crippen LogP contribution in [0.4, 0.5) is 5.82 Å². The zero-order chi connectivity index (χ0) is 15.7. The molecule has 1 aliphatic carbocycles. The van der Waals surface area contributed by atoms with Crippen LogP contribution in [-0.4, -0.2) is 40.9 Å². The Morgan fingerprint density at radius 2 is 1.86 bits per heavy atom. The molecule has 1 heterocycles. The maximum atomic E-state index is 12.2. The van der Waals surface area contributed by atoms with Gasteiger partial charge >= 0.3 is 0 Å². The number of aromatic nitrogens is 2. The van der Waals surface area contributed by atoms with Crippen LogP contribution in [0.2, 0.25) is 0 Å². The molecule has 118 valence electrons. The van der Waals surface area contributed by atoms with E-state index in [2.05, 4.69) is 29.4 Å². The number of fused-ring (bicyclic) bond motifs is 1. The van der Waals surface area contributed by atoms with Crippen molar-refractivity contribution >= 4 is 16.6 Å². The molecule has 0 aliphatic heterocycles. The van der Waals surface area contributed by atoms with E-state index in [1.54, 1.807) is 7.05 Å². The summed E-state index contributed by atoms with van der Waals surface area (Å²) in [4.78, 5) is 14.5. The van der Waals surface area contributed by atoms with Gasteiger partial charge in [0, 0.05) is 24.5 Å². The minimum atomic E-state index is -0.0473. The van der Waals surface area contributed by atoms with E-state index in [1.807, 2.05) is 24.3 Å². The molecule has 5 nitrogen and oxygen atoms in total. The molecule has 0 radical (unpaired) electrons. The van der Waals surface area contributed by atoms with E-state index in [-0.39, 0.29) is 5.56 Å². The maximum Gasteiger partial charge on any atom is 0.274 e. The molecule has 2 unspecified atom stereocenters. The summed E-state index contributed by atoms with van der Waals surface area (Å²) in [6.07, 6.45) is 4.87. The van der Waals surface area contributed by atoms with Gasteiger partial charge in [-0.1, -0.05) is 31.0 Å². The fraction of sp³-hybridized carbons (Fsp3) is 0.529. The molecule has 0 saturated heterocycles. The number of hydrogen-bond acceptors (Lipinski definition) is 4. The summed E-state index contributed by atoms with van der Waals surface area (Å²) < 4.78 is 1.43. The number of nitrogens with zero attached hydrogens (tertiary/aromatic N) is 3. The van der Waals surface area contributed by atoms with Gasteiger partial charge in [0.1, 0.15) is 0 Å². The second-order valence-electron chi connectivity index (χ2n) is 6.39. The standard InChI is InChI=1S/C17H24N4O/c1-20(2)15-11-7-6-10-14(15)18-16-12-8-4-5-9-13(12)17(22)21(3)19-16/h4-5,8-9,14-15H,6-7,10-11H2,1-3H3,(H,18,19). The first kappa shape index (κ1) is 15.0. The molecule has 2 aromatic rings. The van der Waals surface area contributed by atoms with Gasteiger partial charge in [0.2, 0.25) is 0 Å². The van der Waals surface area contributed by atoms with E-state index in [4.69, 9.17) is 0 Å². The number of anilines is 1. The van der Waals surface area contributed by atoms with Crippen LogP contribution < -0.4 is 10.9 Å². The van der Waals surface area contributed by atoms with E-state index in [9.17, 15) is 4.79 Å². The van der Waals surface area contributed by atoms with E-state index in [0.717, 1.165) is 23.0 Å². The normalized spacial score (nSPS) is 22.2. The third kappa shape index (κ3) is 2.73. The van der Waals surface area contributed by atoms with Crippen molar-refractivity contribution in [3.05, 3.63) is 34.6 Å². The first-order valence-corrected chi connectivity index (χ1v) is 7.97. The molecule has 0 amide bonds. The van der Waals surface area contributed by atoms with Crippen LogP contribution in [0.3, 0.4) is 0 Å². The summed E-state index contributed by atoms with van der Waals surface area (Å²) >= 11 is 0. The second-order valence-corrected chi connectivity index (χ2v) is 6.39. The Bertz CT molecular complexity index is 722. The first-order chi connectivity index (χ1) is 10.6. The molecule has 5 heteroatoms. The molecule has 22 heavy (non-hydrogen) atoms. The summed E-state index contributed by atoms with van der Waals surface area (Å²) in [6.45, 7) is 0. The van der Waals surface area contributed by atoms with Crippen molar-refractivity contribution in [2.75, 3.05) is 19.4 Å². The molecule has 0 spiro atoms. The smallest absolute Gasteiger partial charge is 0.274 e. The van der Waals surface area contributed by atoms with Crippen LogP contribution in [0.15, 0.2) is 29.1 Å². The number of hydrogen-bond donors (Lipinski definition) is 1. The molecule has 0 bridgehead atoms. The quantitative estimate of drug-likeness (QED) is 0.944. The minimum absolute atomic E-state index is 0.0473. The Kier molecular flexibility index (Phi) is 4.16. The average molecular weight is 300 g/mol. The molecule has 1 N–H and O–H groups in total. The molecular formula is C17H24N4O. The lowest BCUT2D eigenvalue weighted by molar-refractivity contribution is 0.211. The Balaban J connectivity index is 2.00. The largest absolute Gasteiger partial charge is 0.364 e. The molecule has 3 rings (SSSR count). The van der Waals surface area contributed by atoms with E-state index in [0.29, 0.717) is 12.1 Å². The van der Waals surface area contributed by atoms with Crippen molar-refractivity contribution in [1.82, 2.24) is 14.7 Å². The molecule has 1 fully saturated rings. The number of benzene rings is 1. The van der Waals surface area contributed by atoms with Crippen molar-refractivity contribution in [2.24, 2.45) is 7.05 Å². The fourth-order valence-corrected chi connectivity index (χ4v) is 3.48. The zero-order valence-corrected chi connectivity index (χ0v) is 13.5. The van der Waals surface area contributed by atoms with Crippen molar-refractivity contribution in [1.29, 1.82) is 0 Å². The van der Waals surface area contributed by atoms with Crippen molar-refractivity contribution in [3.8, 4) is 0 Å². The highest BCUT2D eigenvalue weighted by Gasteiger charge is 2.27. The lowest BCUT2D eigenvalue weighted by Crippen LogP contribution is -2.45. The van der Waals surface area contributed by atoms with Crippen LogP contribution in [0.5, 0.6) is 0 Å². The highest BCUT2D eigenvalue weighted by Crippen LogP contribution is 2.26. The van der Waals surface area contributed by atoms with Crippen LogP contribution in [0, 0.1) is 0 Å². The lowest BCUT2D eigenvalue weighted by Gasteiger charge is -2.37. The number of aryl methyl sites for hydroxylation is 1. The van der Waals surface area contributed by atoms with Crippen molar-refractivity contribution < 1.29 is 0 Å². The number of likely N-dealkylation sites (N-methyl/N-ethyl adjacent to an activating group) is 1. The third-order valence-electron chi connectivity index (χ3n) is 4.67. The van der Waals surface area contributed by atoms with Gasteiger partial charge < -0.3 is 10.2 Å². The number of rotatable bonds is 3. The topological polar surface area (TPSA) is 50.2 Å². The fourth-order valence-electron chi connectivity index (χ4n) is 3.48. The van der Waals surface area contributed by atoms with Gasteiger partial charge in [-0.25, -0.2) is 4.68 Å². The van der Waals surface area contributed by atoms with E-state index < -0.39 is 0 Å². The Hall–Kier alpha value is -1.88. The minimum Gasteiger partial charge on any atom is -0.364 e. The van der Waals surface area contributed by atoms with Crippen molar-refractivity contribution in [3.63, 3.8) is 0 Å². The Morgan fingerprint density at radius 1 is 1.18 bits per heavy atom. The second kappa shape index (κ2) is 6.08. The van der Waals surface area contributed by atoms with Gasteiger partial charge in [0.15, 0.2) is 5.82 Å². The summed E-state index contributed by atoms with van der Waals surface area (Å²) in [5, 5.41) is 9.71. The van der Waals surface area contributed by atoms with Gasteiger partial charge in [-0.2, -0.15) is 5.10 Å². The first-order valence-electron chi connectivity index (χ1n) is 7.97. The zero-order valence-electron chi connectivity index (χ0n) is 13.5. The molecule has 1 saturated carbocycles. The predicted molar refractivity (Wildman–Crippen MR) is 90.3 cm³/mol. The summed E-state index contributed by atoms with van der Waals surface area (Å²) in [5.41, 5.74) is -0.0473. The van der Waals surface area contributed by atoms with Crippen LogP contribution >= 0.6 is 0 Å². The van der Waals surface area contributed by atoms with Gasteiger partial charge in [-0.15, -0.1) is 0 Å². The SMILES string of the molecule is CN(C)C1CCCCC1Nc1nn(C)c(=O)c2ccccc12. The Labute approximate surface area is 130 Å². The van der Waals surface area contributed by atoms with Crippen LogP contribution in [0.1, 0.15) is 25.7 Å². The van der Waals surface area contributed by atoms with Gasteiger partial charge in [0.05, 0.1) is 5.39 Å². The average Bonchev–Trinajstić information content (AvgIpc) is 2.53. The summed E-state index contributed by atoms with van der Waals surface area (Å²) in [6, 6.07) is 8.58. The Morgan fingerprint density at radius 3 is 2.59 bits per heavy atom. The van der Waals surface area contributed by atoms with Crippen LogP contribution in [0.25, 0.3) is 10.8 Å². The summed E-state index contributed by atoms with van der Waals surface area (Å²) in [7, 11) is 5.98. The molecule has 1 aromatic heterocycles. The van der Waals surface area contributed by atoms with Gasteiger partial charge in [-0.3, -0.25) is 4.79 Å². The number of nitrogens with one attached hydrogen (secondary N) is 1. The molecule has 1 aliphatic rings. The van der Waals surface area contributed by atoms with E-state index >= 15 is 0 Å². The highest BCUT2D eigenvalue weighted by molar-refractivity contribution is 5.90. The lowest BCUT2D eigenvalue weighted by atomic mass is 9.89. The molecular weight excluding hydrogens is 276 g/mol. The molecule has 1 aromatic carbocycles. The van der Waals surface area contributed by atoms with Gasteiger partial charge in [0.25, 0.3) is 5.56 Å². The third-order valence-corrected chi connectivity index (χ3v) is 4.67. The monoisotopic (exact) mass is 300 g/mol. The molecule has 2 atom stereocenters. The van der Waals surface area contributed by atoms with Crippen LogP contribution in [-0.2, 0) is 7.05 Å². The predicted octanol–water partition coefficient (Wildman–Crippen LogP) is 2.22. The van der Waals surface area contributed by atoms with E-state index in [1.165, 1.54) is 23.9 Å².